The second-order valence-electron chi connectivity index (χ2n) is 6.75. The molecule has 1 saturated heterocycles. The molecule has 7 nitrogen and oxygen atoms in total. The zero-order valence-electron chi connectivity index (χ0n) is 15.5. The van der Waals surface area contributed by atoms with Crippen molar-refractivity contribution in [2.45, 2.75) is 26.2 Å². The molecule has 7 heteroatoms. The summed E-state index contributed by atoms with van der Waals surface area (Å²) in [7, 11) is 0. The number of pyridine rings is 1. The van der Waals surface area contributed by atoms with E-state index in [0.29, 0.717) is 12.5 Å². The van der Waals surface area contributed by atoms with Crippen LogP contribution in [0.25, 0.3) is 22.2 Å². The maximum Gasteiger partial charge on any atom is 0.321 e. The quantitative estimate of drug-likeness (QED) is 0.658. The highest BCUT2D eigenvalue weighted by molar-refractivity contribution is 5.90. The standard InChI is InChI=1S/C20H24N6O/c1-2-21-20(27)25-19-23-16-8-6-14(12-17(16)24-19)15-7-9-18(22-13-15)26-10-4-3-5-11-26/h6-9,12-13H,2-5,10-11H2,1H3,(H3,21,23,24,25,27). The van der Waals surface area contributed by atoms with E-state index in [1.165, 1.54) is 19.3 Å². The van der Waals surface area contributed by atoms with Crippen LogP contribution in [0.4, 0.5) is 16.6 Å². The molecule has 0 atom stereocenters. The van der Waals surface area contributed by atoms with Crippen molar-refractivity contribution in [3.8, 4) is 11.1 Å². The molecule has 0 saturated carbocycles. The number of carbonyl (C=O) groups excluding carboxylic acids is 1. The number of carbonyl (C=O) groups is 1. The maximum absolute atomic E-state index is 11.6. The minimum atomic E-state index is -0.269. The van der Waals surface area contributed by atoms with Gasteiger partial charge in [0.2, 0.25) is 5.95 Å². The summed E-state index contributed by atoms with van der Waals surface area (Å²) >= 11 is 0. The molecule has 4 rings (SSSR count). The smallest absolute Gasteiger partial charge is 0.321 e. The lowest BCUT2D eigenvalue weighted by atomic mass is 10.1. The Bertz CT molecular complexity index is 927. The van der Waals surface area contributed by atoms with Gasteiger partial charge in [0, 0.05) is 31.4 Å². The Morgan fingerprint density at radius 2 is 1.96 bits per heavy atom. The number of urea groups is 1. The lowest BCUT2D eigenvalue weighted by Gasteiger charge is -2.27. The summed E-state index contributed by atoms with van der Waals surface area (Å²) in [4.78, 5) is 26.2. The normalized spacial score (nSPS) is 14.3. The van der Waals surface area contributed by atoms with Crippen LogP contribution >= 0.6 is 0 Å². The maximum atomic E-state index is 11.6. The molecule has 2 aromatic heterocycles. The zero-order chi connectivity index (χ0) is 18.6. The van der Waals surface area contributed by atoms with Crippen LogP contribution in [0.15, 0.2) is 36.5 Å². The Hall–Kier alpha value is -3.09. The van der Waals surface area contributed by atoms with Gasteiger partial charge < -0.3 is 15.2 Å². The van der Waals surface area contributed by atoms with Crippen LogP contribution in [0.3, 0.4) is 0 Å². The van der Waals surface area contributed by atoms with Gasteiger partial charge in [0.15, 0.2) is 0 Å². The molecule has 27 heavy (non-hydrogen) atoms. The Morgan fingerprint density at radius 1 is 1.15 bits per heavy atom. The van der Waals surface area contributed by atoms with Crippen molar-refractivity contribution in [2.75, 3.05) is 29.9 Å². The number of amides is 2. The minimum Gasteiger partial charge on any atom is -0.357 e. The fourth-order valence-electron chi connectivity index (χ4n) is 3.43. The number of fused-ring (bicyclic) bond motifs is 1. The van der Waals surface area contributed by atoms with E-state index in [0.717, 1.165) is 41.1 Å². The number of aromatic amines is 1. The predicted octanol–water partition coefficient (Wildman–Crippen LogP) is 3.76. The Labute approximate surface area is 158 Å². The van der Waals surface area contributed by atoms with Gasteiger partial charge in [0.1, 0.15) is 5.82 Å². The average Bonchev–Trinajstić information content (AvgIpc) is 3.10. The van der Waals surface area contributed by atoms with E-state index < -0.39 is 0 Å². The summed E-state index contributed by atoms with van der Waals surface area (Å²) in [6.07, 6.45) is 5.73. The third-order valence-corrected chi connectivity index (χ3v) is 4.81. The second kappa shape index (κ2) is 7.65. The molecule has 3 aromatic rings. The number of benzene rings is 1. The summed E-state index contributed by atoms with van der Waals surface area (Å²) in [6, 6.07) is 9.94. The highest BCUT2D eigenvalue weighted by atomic mass is 16.2. The van der Waals surface area contributed by atoms with Crippen molar-refractivity contribution in [1.82, 2.24) is 20.3 Å². The third-order valence-electron chi connectivity index (χ3n) is 4.81. The lowest BCUT2D eigenvalue weighted by molar-refractivity contribution is 0.252. The van der Waals surface area contributed by atoms with Crippen molar-refractivity contribution in [3.05, 3.63) is 36.5 Å². The fourth-order valence-corrected chi connectivity index (χ4v) is 3.43. The number of nitrogens with one attached hydrogen (secondary N) is 3. The highest BCUT2D eigenvalue weighted by Crippen LogP contribution is 2.26. The van der Waals surface area contributed by atoms with E-state index in [9.17, 15) is 4.79 Å². The molecule has 3 heterocycles. The van der Waals surface area contributed by atoms with Crippen LogP contribution in [0.1, 0.15) is 26.2 Å². The van der Waals surface area contributed by atoms with Crippen LogP contribution in [-0.4, -0.2) is 40.6 Å². The lowest BCUT2D eigenvalue weighted by Crippen LogP contribution is -2.29. The van der Waals surface area contributed by atoms with Crippen molar-refractivity contribution < 1.29 is 4.79 Å². The molecule has 0 bridgehead atoms. The van der Waals surface area contributed by atoms with Gasteiger partial charge in [-0.15, -0.1) is 0 Å². The van der Waals surface area contributed by atoms with Gasteiger partial charge in [-0.3, -0.25) is 5.32 Å². The molecule has 3 N–H and O–H groups in total. The number of H-pyrrole nitrogens is 1. The van der Waals surface area contributed by atoms with Crippen LogP contribution in [0.2, 0.25) is 0 Å². The van der Waals surface area contributed by atoms with E-state index in [1.807, 2.05) is 31.3 Å². The number of anilines is 2. The van der Waals surface area contributed by atoms with Crippen LogP contribution in [-0.2, 0) is 0 Å². The number of aromatic nitrogens is 3. The Morgan fingerprint density at radius 3 is 2.70 bits per heavy atom. The molecule has 140 valence electrons. The highest BCUT2D eigenvalue weighted by Gasteiger charge is 2.12. The molecule has 0 aliphatic carbocycles. The number of imidazole rings is 1. The van der Waals surface area contributed by atoms with Gasteiger partial charge in [-0.1, -0.05) is 6.07 Å². The summed E-state index contributed by atoms with van der Waals surface area (Å²) in [6.45, 7) is 4.62. The number of hydrogen-bond acceptors (Lipinski definition) is 4. The first-order valence-corrected chi connectivity index (χ1v) is 9.49. The van der Waals surface area contributed by atoms with Crippen molar-refractivity contribution >= 4 is 28.8 Å². The van der Waals surface area contributed by atoms with Gasteiger partial charge in [-0.05, 0) is 56.0 Å². The monoisotopic (exact) mass is 364 g/mol. The number of piperidine rings is 1. The van der Waals surface area contributed by atoms with Crippen molar-refractivity contribution in [2.24, 2.45) is 0 Å². The summed E-state index contributed by atoms with van der Waals surface area (Å²) in [5.41, 5.74) is 3.81. The van der Waals surface area contributed by atoms with Gasteiger partial charge in [0.05, 0.1) is 11.0 Å². The molecule has 1 aliphatic rings. The molecule has 1 fully saturated rings. The van der Waals surface area contributed by atoms with Gasteiger partial charge >= 0.3 is 6.03 Å². The summed E-state index contributed by atoms with van der Waals surface area (Å²) in [5.74, 6) is 1.49. The van der Waals surface area contributed by atoms with Crippen LogP contribution in [0, 0.1) is 0 Å². The fraction of sp³-hybridized carbons (Fsp3) is 0.350. The first-order valence-electron chi connectivity index (χ1n) is 9.49. The van der Waals surface area contributed by atoms with E-state index in [4.69, 9.17) is 0 Å². The van der Waals surface area contributed by atoms with E-state index in [1.54, 1.807) is 0 Å². The number of rotatable bonds is 4. The SMILES string of the molecule is CCNC(=O)Nc1nc2ccc(-c3ccc(N4CCCCC4)nc3)cc2[nH]1. The summed E-state index contributed by atoms with van der Waals surface area (Å²) in [5, 5.41) is 5.39. The number of hydrogen-bond donors (Lipinski definition) is 3. The Kier molecular flexibility index (Phi) is 4.91. The minimum absolute atomic E-state index is 0.269. The molecule has 1 aliphatic heterocycles. The molecule has 0 radical (unpaired) electrons. The largest absolute Gasteiger partial charge is 0.357 e. The number of nitrogens with zero attached hydrogens (tertiary/aromatic N) is 3. The first-order chi connectivity index (χ1) is 13.2. The molecule has 0 spiro atoms. The second-order valence-corrected chi connectivity index (χ2v) is 6.75. The van der Waals surface area contributed by atoms with Gasteiger partial charge in [-0.2, -0.15) is 0 Å². The van der Waals surface area contributed by atoms with Crippen LogP contribution in [0.5, 0.6) is 0 Å². The molecule has 2 amide bonds. The molecular weight excluding hydrogens is 340 g/mol. The van der Waals surface area contributed by atoms with E-state index in [-0.39, 0.29) is 6.03 Å². The summed E-state index contributed by atoms with van der Waals surface area (Å²) < 4.78 is 0. The van der Waals surface area contributed by atoms with Crippen molar-refractivity contribution in [3.63, 3.8) is 0 Å². The average molecular weight is 364 g/mol. The van der Waals surface area contributed by atoms with E-state index >= 15 is 0 Å². The van der Waals surface area contributed by atoms with Crippen LogP contribution < -0.4 is 15.5 Å². The van der Waals surface area contributed by atoms with E-state index in [2.05, 4.69) is 42.6 Å². The van der Waals surface area contributed by atoms with Gasteiger partial charge in [0.25, 0.3) is 0 Å². The topological polar surface area (TPSA) is 85.9 Å². The Balaban J connectivity index is 1.53. The zero-order valence-corrected chi connectivity index (χ0v) is 15.5. The third kappa shape index (κ3) is 3.86. The molecule has 1 aromatic carbocycles. The first kappa shape index (κ1) is 17.3. The predicted molar refractivity (Wildman–Crippen MR) is 108 cm³/mol. The van der Waals surface area contributed by atoms with Crippen molar-refractivity contribution in [1.29, 1.82) is 0 Å². The molecule has 0 unspecified atom stereocenters. The van der Waals surface area contributed by atoms with Gasteiger partial charge in [-0.25, -0.2) is 14.8 Å². The molecular formula is C20H24N6O.